The molecule has 0 aromatic carbocycles. The van der Waals surface area contributed by atoms with Gasteiger partial charge in [0, 0.05) is 51.5 Å². The summed E-state index contributed by atoms with van der Waals surface area (Å²) in [6, 6.07) is 3.19. The van der Waals surface area contributed by atoms with E-state index in [9.17, 15) is 9.59 Å². The largest absolute Gasteiger partial charge is 0.340 e. The van der Waals surface area contributed by atoms with Crippen LogP contribution in [-0.4, -0.2) is 83.2 Å². The minimum Gasteiger partial charge on any atom is -0.340 e. The topological polar surface area (TPSA) is 61.7 Å². The summed E-state index contributed by atoms with van der Waals surface area (Å²) in [4.78, 5) is 30.9. The first kappa shape index (κ1) is 17.1. The zero-order chi connectivity index (χ0) is 16.9. The first-order valence-electron chi connectivity index (χ1n) is 8.85. The van der Waals surface area contributed by atoms with E-state index in [4.69, 9.17) is 0 Å². The molecule has 1 unspecified atom stereocenters. The molecule has 24 heavy (non-hydrogen) atoms. The zero-order valence-electron chi connectivity index (χ0n) is 14.4. The van der Waals surface area contributed by atoms with Crippen LogP contribution in [0.3, 0.4) is 0 Å². The van der Waals surface area contributed by atoms with E-state index in [0.717, 1.165) is 58.7 Å². The van der Waals surface area contributed by atoms with Gasteiger partial charge in [0.25, 0.3) is 5.56 Å². The van der Waals surface area contributed by atoms with Crippen LogP contribution in [0.5, 0.6) is 0 Å². The molecule has 3 heterocycles. The number of piperidine rings is 1. The molecule has 1 aromatic rings. The van der Waals surface area contributed by atoms with E-state index in [1.807, 2.05) is 4.90 Å². The maximum atomic E-state index is 12.7. The number of carbonyl (C=O) groups excluding carboxylic acids is 1. The minimum atomic E-state index is -0.0623. The fourth-order valence-corrected chi connectivity index (χ4v) is 3.61. The number of rotatable bonds is 4. The number of hydrogen-bond acceptors (Lipinski definition) is 5. The van der Waals surface area contributed by atoms with E-state index in [0.29, 0.717) is 12.5 Å². The van der Waals surface area contributed by atoms with Crippen molar-refractivity contribution in [3.8, 4) is 0 Å². The van der Waals surface area contributed by atoms with Gasteiger partial charge in [0.1, 0.15) is 0 Å². The van der Waals surface area contributed by atoms with Crippen LogP contribution in [0.1, 0.15) is 12.8 Å². The van der Waals surface area contributed by atoms with Crippen molar-refractivity contribution >= 4 is 5.91 Å². The molecule has 2 saturated heterocycles. The fourth-order valence-electron chi connectivity index (χ4n) is 3.61. The van der Waals surface area contributed by atoms with Crippen molar-refractivity contribution in [2.75, 3.05) is 52.9 Å². The van der Waals surface area contributed by atoms with Gasteiger partial charge < -0.3 is 9.80 Å². The molecule has 1 atom stereocenters. The minimum absolute atomic E-state index is 0.0623. The van der Waals surface area contributed by atoms with Crippen molar-refractivity contribution in [1.29, 1.82) is 0 Å². The average Bonchev–Trinajstić information content (AvgIpc) is 2.61. The fraction of sp³-hybridized carbons (Fsp3) is 0.706. The highest BCUT2D eigenvalue weighted by Crippen LogP contribution is 2.18. The molecule has 0 N–H and O–H groups in total. The van der Waals surface area contributed by atoms with Crippen LogP contribution in [0.4, 0.5) is 0 Å². The lowest BCUT2D eigenvalue weighted by Crippen LogP contribution is -2.52. The smallest absolute Gasteiger partial charge is 0.266 e. The molecule has 0 saturated carbocycles. The third-order valence-electron chi connectivity index (χ3n) is 5.07. The van der Waals surface area contributed by atoms with Crippen molar-refractivity contribution in [1.82, 2.24) is 24.5 Å². The first-order chi connectivity index (χ1) is 11.6. The van der Waals surface area contributed by atoms with Crippen molar-refractivity contribution in [3.05, 3.63) is 28.7 Å². The lowest BCUT2D eigenvalue weighted by atomic mass is 9.96. The molecule has 0 bridgehead atoms. The van der Waals surface area contributed by atoms with E-state index in [1.54, 1.807) is 12.3 Å². The Morgan fingerprint density at radius 2 is 2.00 bits per heavy atom. The van der Waals surface area contributed by atoms with Gasteiger partial charge in [-0.1, -0.05) is 0 Å². The number of nitrogens with zero attached hydrogens (tertiary/aromatic N) is 5. The number of aromatic nitrogens is 2. The molecule has 132 valence electrons. The van der Waals surface area contributed by atoms with Crippen LogP contribution in [0.2, 0.25) is 0 Å². The summed E-state index contributed by atoms with van der Waals surface area (Å²) in [5.41, 5.74) is -0.0623. The van der Waals surface area contributed by atoms with Crippen molar-refractivity contribution in [2.24, 2.45) is 5.92 Å². The summed E-state index contributed by atoms with van der Waals surface area (Å²) < 4.78 is 1.50. The highest BCUT2D eigenvalue weighted by Gasteiger charge is 2.29. The summed E-state index contributed by atoms with van der Waals surface area (Å²) in [6.07, 6.45) is 3.77. The zero-order valence-corrected chi connectivity index (χ0v) is 14.4. The second kappa shape index (κ2) is 7.90. The van der Waals surface area contributed by atoms with E-state index >= 15 is 0 Å². The van der Waals surface area contributed by atoms with Crippen LogP contribution in [-0.2, 0) is 11.3 Å². The SMILES string of the molecule is CN1CCCC(C(=O)N2CCN(CCn3ncccc3=O)CC2)C1. The first-order valence-corrected chi connectivity index (χ1v) is 8.85. The summed E-state index contributed by atoms with van der Waals surface area (Å²) in [7, 11) is 2.09. The lowest BCUT2D eigenvalue weighted by Gasteiger charge is -2.38. The van der Waals surface area contributed by atoms with Crippen molar-refractivity contribution in [3.63, 3.8) is 0 Å². The average molecular weight is 333 g/mol. The molecule has 2 aliphatic rings. The van der Waals surface area contributed by atoms with Crippen LogP contribution in [0.15, 0.2) is 23.1 Å². The highest BCUT2D eigenvalue weighted by atomic mass is 16.2. The second-order valence-corrected chi connectivity index (χ2v) is 6.85. The van der Waals surface area contributed by atoms with Crippen LogP contribution in [0.25, 0.3) is 0 Å². The maximum absolute atomic E-state index is 12.7. The van der Waals surface area contributed by atoms with Gasteiger partial charge in [-0.25, -0.2) is 4.68 Å². The van der Waals surface area contributed by atoms with E-state index in [-0.39, 0.29) is 11.5 Å². The molecule has 0 radical (unpaired) electrons. The summed E-state index contributed by atoms with van der Waals surface area (Å²) >= 11 is 0. The van der Waals surface area contributed by atoms with Gasteiger partial charge in [-0.05, 0) is 32.5 Å². The van der Waals surface area contributed by atoms with Gasteiger partial charge in [-0.2, -0.15) is 5.10 Å². The van der Waals surface area contributed by atoms with E-state index in [2.05, 4.69) is 21.9 Å². The normalized spacial score (nSPS) is 23.4. The Hall–Kier alpha value is -1.73. The molecule has 0 spiro atoms. The van der Waals surface area contributed by atoms with Crippen molar-refractivity contribution in [2.45, 2.75) is 19.4 Å². The number of amides is 1. The van der Waals surface area contributed by atoms with Gasteiger partial charge >= 0.3 is 0 Å². The van der Waals surface area contributed by atoms with E-state index in [1.165, 1.54) is 10.7 Å². The highest BCUT2D eigenvalue weighted by molar-refractivity contribution is 5.79. The molecule has 0 aliphatic carbocycles. The quantitative estimate of drug-likeness (QED) is 0.759. The molecule has 7 heteroatoms. The Kier molecular flexibility index (Phi) is 5.63. The summed E-state index contributed by atoms with van der Waals surface area (Å²) in [6.45, 7) is 6.70. The van der Waals surface area contributed by atoms with Crippen LogP contribution < -0.4 is 5.56 Å². The molecule has 2 fully saturated rings. The molecule has 7 nitrogen and oxygen atoms in total. The Morgan fingerprint density at radius 1 is 1.21 bits per heavy atom. The maximum Gasteiger partial charge on any atom is 0.266 e. The lowest BCUT2D eigenvalue weighted by molar-refractivity contribution is -0.139. The Balaban J connectivity index is 1.44. The number of carbonyl (C=O) groups is 1. The molecular weight excluding hydrogens is 306 g/mol. The Bertz CT molecular complexity index is 609. The van der Waals surface area contributed by atoms with Crippen molar-refractivity contribution < 1.29 is 4.79 Å². The van der Waals surface area contributed by atoms with Gasteiger partial charge in [0.05, 0.1) is 12.5 Å². The second-order valence-electron chi connectivity index (χ2n) is 6.85. The molecular formula is C17H27N5O2. The summed E-state index contributed by atoms with van der Waals surface area (Å²) in [5.74, 6) is 0.490. The summed E-state index contributed by atoms with van der Waals surface area (Å²) in [5, 5.41) is 4.08. The van der Waals surface area contributed by atoms with Gasteiger partial charge in [0.2, 0.25) is 5.91 Å². The third kappa shape index (κ3) is 4.21. The van der Waals surface area contributed by atoms with Crippen LogP contribution >= 0.6 is 0 Å². The predicted octanol–water partition coefficient (Wildman–Crippen LogP) is -0.271. The molecule has 1 aromatic heterocycles. The standard InChI is InChI=1S/C17H27N5O2/c1-19-7-3-4-15(14-19)17(24)21-11-8-20(9-12-21)10-13-22-16(23)5-2-6-18-22/h2,5-6,15H,3-4,7-14H2,1H3. The third-order valence-corrected chi connectivity index (χ3v) is 5.07. The Labute approximate surface area is 142 Å². The number of hydrogen-bond donors (Lipinski definition) is 0. The molecule has 3 rings (SSSR count). The number of likely N-dealkylation sites (tertiary alicyclic amines) is 1. The number of piperazine rings is 1. The van der Waals surface area contributed by atoms with Crippen LogP contribution in [0, 0.1) is 5.92 Å². The molecule has 2 aliphatic heterocycles. The van der Waals surface area contributed by atoms with E-state index < -0.39 is 0 Å². The monoisotopic (exact) mass is 333 g/mol. The van der Waals surface area contributed by atoms with Gasteiger partial charge in [-0.15, -0.1) is 0 Å². The molecule has 1 amide bonds. The Morgan fingerprint density at radius 3 is 2.71 bits per heavy atom. The predicted molar refractivity (Wildman–Crippen MR) is 91.7 cm³/mol. The van der Waals surface area contributed by atoms with Gasteiger partial charge in [0.15, 0.2) is 0 Å². The van der Waals surface area contributed by atoms with Gasteiger partial charge in [-0.3, -0.25) is 14.5 Å².